The van der Waals surface area contributed by atoms with Crippen LogP contribution >= 0.6 is 0 Å². The van der Waals surface area contributed by atoms with Gasteiger partial charge in [-0.3, -0.25) is 24.0 Å². The lowest BCUT2D eigenvalue weighted by molar-refractivity contribution is -0.146. The highest BCUT2D eigenvalue weighted by Gasteiger charge is 2.32. The first-order valence-corrected chi connectivity index (χ1v) is 18.1. The smallest absolute Gasteiger partial charge is 0.330 e. The summed E-state index contributed by atoms with van der Waals surface area (Å²) in [6.45, 7) is 11.0. The molecule has 0 saturated carbocycles. The van der Waals surface area contributed by atoms with E-state index in [-0.39, 0.29) is 30.6 Å². The van der Waals surface area contributed by atoms with Crippen LogP contribution in [0.3, 0.4) is 0 Å². The highest BCUT2D eigenvalue weighted by Crippen LogP contribution is 2.22. The third kappa shape index (κ3) is 15.0. The van der Waals surface area contributed by atoms with Gasteiger partial charge in [-0.1, -0.05) is 77.1 Å². The summed E-state index contributed by atoms with van der Waals surface area (Å²) in [5.41, 5.74) is 7.74. The molecule has 2 aromatic carbocycles. The Kier molecular flexibility index (Phi) is 18.1. The molecule has 0 aliphatic carbocycles. The Morgan fingerprint density at radius 2 is 1.28 bits per heavy atom. The Morgan fingerprint density at radius 1 is 0.717 bits per heavy atom. The van der Waals surface area contributed by atoms with Crippen molar-refractivity contribution >= 4 is 35.5 Å². The summed E-state index contributed by atoms with van der Waals surface area (Å²) in [7, 11) is 1.12. The summed E-state index contributed by atoms with van der Waals surface area (Å²) >= 11 is 0. The zero-order valence-electron chi connectivity index (χ0n) is 32.0. The number of amides is 5. The van der Waals surface area contributed by atoms with E-state index in [9.17, 15) is 33.9 Å². The van der Waals surface area contributed by atoms with Gasteiger partial charge < -0.3 is 42.2 Å². The van der Waals surface area contributed by atoms with Crippen LogP contribution in [0.15, 0.2) is 54.6 Å². The number of nitrogens with two attached hydrogens (primary N) is 1. The van der Waals surface area contributed by atoms with Gasteiger partial charge in [-0.05, 0) is 73.7 Å². The maximum absolute atomic E-state index is 13.7. The van der Waals surface area contributed by atoms with Gasteiger partial charge in [0.2, 0.25) is 23.6 Å². The first-order chi connectivity index (χ1) is 25.0. The van der Waals surface area contributed by atoms with Crippen molar-refractivity contribution in [2.75, 3.05) is 20.3 Å². The van der Waals surface area contributed by atoms with E-state index >= 15 is 0 Å². The highest BCUT2D eigenvalue weighted by atomic mass is 16.5. The van der Waals surface area contributed by atoms with Gasteiger partial charge in [-0.15, -0.1) is 0 Å². The van der Waals surface area contributed by atoms with Crippen LogP contribution < -0.4 is 32.3 Å². The van der Waals surface area contributed by atoms with E-state index in [1.807, 2.05) is 56.3 Å². The molecule has 0 spiro atoms. The summed E-state index contributed by atoms with van der Waals surface area (Å²) in [5, 5.41) is 22.8. The molecule has 5 amide bonds. The van der Waals surface area contributed by atoms with E-state index in [0.717, 1.165) is 18.2 Å². The second kappa shape index (κ2) is 21.6. The van der Waals surface area contributed by atoms with Gasteiger partial charge in [0.25, 0.3) is 5.91 Å². The molecule has 0 fully saturated rings. The van der Waals surface area contributed by atoms with Crippen molar-refractivity contribution in [2.24, 2.45) is 11.7 Å². The van der Waals surface area contributed by atoms with Crippen LogP contribution in [-0.4, -0.2) is 91.1 Å². The predicted molar refractivity (Wildman–Crippen MR) is 201 cm³/mol. The van der Waals surface area contributed by atoms with Crippen molar-refractivity contribution in [3.8, 4) is 0 Å². The van der Waals surface area contributed by atoms with Gasteiger partial charge in [0, 0.05) is 12.0 Å². The van der Waals surface area contributed by atoms with E-state index in [1.54, 1.807) is 12.1 Å². The summed E-state index contributed by atoms with van der Waals surface area (Å²) in [6, 6.07) is 10.7. The maximum atomic E-state index is 13.7. The molecule has 2 rings (SSSR count). The predicted octanol–water partition coefficient (Wildman–Crippen LogP) is 1.62. The number of hydrogen-bond acceptors (Lipinski definition) is 9. The maximum Gasteiger partial charge on any atom is 0.330 e. The molecule has 53 heavy (non-hydrogen) atoms. The molecule has 292 valence electrons. The summed E-state index contributed by atoms with van der Waals surface area (Å²) in [4.78, 5) is 79.1. The number of methoxy groups -OCH3 is 1. The topological polar surface area (TPSA) is 218 Å². The minimum absolute atomic E-state index is 0.0542. The number of benzene rings is 2. The molecule has 0 aromatic heterocycles. The first kappa shape index (κ1) is 44.3. The fraction of sp³-hybridized carbons (Fsp3) is 0.538. The molecule has 0 bridgehead atoms. The molecule has 5 atom stereocenters. The van der Waals surface area contributed by atoms with E-state index < -0.39 is 72.3 Å². The van der Waals surface area contributed by atoms with Crippen LogP contribution in [0.2, 0.25) is 0 Å². The van der Waals surface area contributed by atoms with Crippen LogP contribution in [0.25, 0.3) is 0 Å². The SMILES string of the molecule is COC(=O)[C@H](CO)NC(=O)[C@H](CCCCN)NC(=O)[C@H](CC(C)C)NC(=O)[C@H](C)NC(=O)[C@H](Cc1ccccc1)NC(=O)c1ccc(C(C)(C)C)cc1. The number of esters is 1. The van der Waals surface area contributed by atoms with Crippen LogP contribution in [0.1, 0.15) is 88.7 Å². The third-order valence-corrected chi connectivity index (χ3v) is 8.57. The van der Waals surface area contributed by atoms with Crippen LogP contribution in [0, 0.1) is 5.92 Å². The lowest BCUT2D eigenvalue weighted by Gasteiger charge is -2.27. The standard InChI is InChI=1S/C39H58N6O8/c1-24(2)21-30(37(51)42-29(15-11-12-20-40)35(49)45-32(23-46)38(52)53-7)43-33(47)25(3)41-36(50)31(22-26-13-9-8-10-14-26)44-34(48)27-16-18-28(19-17-27)39(4,5)6/h8-10,13-14,16-19,24-25,29-32,46H,11-12,15,20-23,40H2,1-7H3,(H,41,50)(H,42,51)(H,43,47)(H,44,48)(H,45,49)/t25-,29-,30-,31-,32-/m0/s1. The molecule has 0 aliphatic rings. The Labute approximate surface area is 312 Å². The summed E-state index contributed by atoms with van der Waals surface area (Å²) in [6.07, 6.45) is 1.59. The Bertz CT molecular complexity index is 1510. The molecule has 8 N–H and O–H groups in total. The number of aliphatic hydroxyl groups is 1. The second-order valence-corrected chi connectivity index (χ2v) is 14.6. The fourth-order valence-electron chi connectivity index (χ4n) is 5.43. The molecule has 14 heteroatoms. The van der Waals surface area contributed by atoms with E-state index in [4.69, 9.17) is 5.73 Å². The molecular weight excluding hydrogens is 680 g/mol. The molecule has 0 unspecified atom stereocenters. The Morgan fingerprint density at radius 3 is 1.83 bits per heavy atom. The number of carbonyl (C=O) groups is 6. The quantitative estimate of drug-likeness (QED) is 0.0775. The van der Waals surface area contributed by atoms with Gasteiger partial charge in [0.1, 0.15) is 24.2 Å². The fourth-order valence-corrected chi connectivity index (χ4v) is 5.43. The van der Waals surface area contributed by atoms with Gasteiger partial charge in [0.05, 0.1) is 13.7 Å². The van der Waals surface area contributed by atoms with E-state index in [0.29, 0.717) is 24.9 Å². The van der Waals surface area contributed by atoms with Crippen LogP contribution in [0.5, 0.6) is 0 Å². The number of aliphatic hydroxyl groups excluding tert-OH is 1. The summed E-state index contributed by atoms with van der Waals surface area (Å²) in [5.74, 6) is -3.97. The molecule has 0 saturated heterocycles. The van der Waals surface area contributed by atoms with E-state index in [1.165, 1.54) is 6.92 Å². The molecule has 2 aromatic rings. The molecule has 0 aliphatic heterocycles. The van der Waals surface area contributed by atoms with Gasteiger partial charge >= 0.3 is 5.97 Å². The Hall–Kier alpha value is -4.82. The minimum Gasteiger partial charge on any atom is -0.467 e. The average Bonchev–Trinajstić information content (AvgIpc) is 3.12. The second-order valence-electron chi connectivity index (χ2n) is 14.6. The van der Waals surface area contributed by atoms with Crippen molar-refractivity contribution < 1.29 is 38.6 Å². The molecular formula is C39H58N6O8. The lowest BCUT2D eigenvalue weighted by Crippen LogP contribution is -2.59. The van der Waals surface area contributed by atoms with Crippen molar-refractivity contribution in [1.29, 1.82) is 0 Å². The lowest BCUT2D eigenvalue weighted by atomic mass is 9.86. The van der Waals surface area contributed by atoms with Crippen molar-refractivity contribution in [1.82, 2.24) is 26.6 Å². The first-order valence-electron chi connectivity index (χ1n) is 18.1. The number of unbranched alkanes of at least 4 members (excludes halogenated alkanes) is 1. The molecule has 14 nitrogen and oxygen atoms in total. The average molecular weight is 739 g/mol. The zero-order valence-corrected chi connectivity index (χ0v) is 32.0. The van der Waals surface area contributed by atoms with Gasteiger partial charge in [-0.2, -0.15) is 0 Å². The number of nitrogens with one attached hydrogen (secondary N) is 5. The largest absolute Gasteiger partial charge is 0.467 e. The van der Waals surface area contributed by atoms with Gasteiger partial charge in [-0.25, -0.2) is 4.79 Å². The van der Waals surface area contributed by atoms with Gasteiger partial charge in [0.15, 0.2) is 6.04 Å². The summed E-state index contributed by atoms with van der Waals surface area (Å²) < 4.78 is 4.62. The number of hydrogen-bond donors (Lipinski definition) is 7. The highest BCUT2D eigenvalue weighted by molar-refractivity contribution is 5.99. The van der Waals surface area contributed by atoms with Crippen LogP contribution in [0.4, 0.5) is 0 Å². The van der Waals surface area contributed by atoms with Crippen LogP contribution in [-0.2, 0) is 40.5 Å². The molecule has 0 radical (unpaired) electrons. The third-order valence-electron chi connectivity index (χ3n) is 8.57. The van der Waals surface area contributed by atoms with Crippen molar-refractivity contribution in [2.45, 2.75) is 109 Å². The molecule has 0 heterocycles. The van der Waals surface area contributed by atoms with E-state index in [2.05, 4.69) is 52.1 Å². The Balaban J connectivity index is 2.21. The number of rotatable bonds is 20. The monoisotopic (exact) mass is 738 g/mol. The van der Waals surface area contributed by atoms with Crippen molar-refractivity contribution in [3.05, 3.63) is 71.3 Å². The minimum atomic E-state index is -1.33. The van der Waals surface area contributed by atoms with Crippen molar-refractivity contribution in [3.63, 3.8) is 0 Å². The number of ether oxygens (including phenoxy) is 1. The normalized spacial score (nSPS) is 14.2. The number of carbonyl (C=O) groups excluding carboxylic acids is 6. The zero-order chi connectivity index (χ0) is 39.7.